The Labute approximate surface area is 427 Å². The molecule has 3 aromatic heterocycles. The third-order valence-corrected chi connectivity index (χ3v) is 15.7. The van der Waals surface area contributed by atoms with E-state index in [0.29, 0.717) is 5.84 Å². The van der Waals surface area contributed by atoms with E-state index in [1.807, 2.05) is 123 Å². The minimum Gasteiger partial charge on any atom is -0.412 e. The maximum atomic E-state index is 8.81. The number of nitrogens with zero attached hydrogens (tertiary/aromatic N) is 12. The van der Waals surface area contributed by atoms with Gasteiger partial charge < -0.3 is 40.5 Å². The van der Waals surface area contributed by atoms with Crippen LogP contribution < -0.4 is 41.1 Å². The van der Waals surface area contributed by atoms with Crippen LogP contribution in [0.5, 0.6) is 0 Å². The second-order valence-electron chi connectivity index (χ2n) is 14.3. The molecule has 0 spiro atoms. The van der Waals surface area contributed by atoms with Crippen molar-refractivity contribution in [3.63, 3.8) is 0 Å². The number of nitrogens with two attached hydrogens (primary N) is 2. The second kappa shape index (κ2) is 28.2. The van der Waals surface area contributed by atoms with Gasteiger partial charge in [-0.15, -0.1) is 5.10 Å². The highest BCUT2D eigenvalue weighted by atomic mass is 32.2. The number of amidine groups is 1. The first-order chi connectivity index (χ1) is 32.5. The van der Waals surface area contributed by atoms with E-state index in [-0.39, 0.29) is 29.4 Å². The summed E-state index contributed by atoms with van der Waals surface area (Å²) in [5.74, 6) is 11.1. The molecule has 23 heteroatoms. The van der Waals surface area contributed by atoms with Crippen LogP contribution in [0.2, 0.25) is 0 Å². The molecule has 2 unspecified atom stereocenters. The van der Waals surface area contributed by atoms with E-state index in [1.165, 1.54) is 58.7 Å². The van der Waals surface area contributed by atoms with Crippen molar-refractivity contribution in [2.24, 2.45) is 63.5 Å². The van der Waals surface area contributed by atoms with Gasteiger partial charge in [0.25, 0.3) is 0 Å². The molecule has 0 fully saturated rings. The highest BCUT2D eigenvalue weighted by molar-refractivity contribution is 8.00. The largest absolute Gasteiger partial charge is 0.443 e. The number of thioether (sulfide) groups is 2. The van der Waals surface area contributed by atoms with Crippen molar-refractivity contribution < 1.29 is 25.1 Å². The Balaban J connectivity index is 0.000000253. The minimum absolute atomic E-state index is 0. The summed E-state index contributed by atoms with van der Waals surface area (Å²) < 4.78 is 9.77. The highest BCUT2D eigenvalue weighted by Crippen LogP contribution is 2.43. The molecule has 0 saturated heterocycles. The minimum atomic E-state index is -0.0645. The normalized spacial score (nSPS) is 14.5. The number of carbonyl (C=O) groups excluding carboxylic acids is 1. The number of hydrazine groups is 1. The Morgan fingerprint density at radius 3 is 1.69 bits per heavy atom. The van der Waals surface area contributed by atoms with Gasteiger partial charge in [-0.1, -0.05) is 119 Å². The van der Waals surface area contributed by atoms with Gasteiger partial charge in [0.15, 0.2) is 0 Å². The Hall–Kier alpha value is -6.53. The van der Waals surface area contributed by atoms with Gasteiger partial charge in [-0.25, -0.2) is 4.57 Å². The number of benzene rings is 5. The zero-order chi connectivity index (χ0) is 47.9. The van der Waals surface area contributed by atoms with Crippen molar-refractivity contribution in [1.29, 1.82) is 0 Å². The third-order valence-electron chi connectivity index (χ3n) is 9.88. The fraction of sp³-hybridized carbons (Fsp3) is 0.234. The number of nitrogens with one attached hydrogen (secondary N) is 1. The Morgan fingerprint density at radius 2 is 1.17 bits per heavy atom. The molecule has 9 N–H and O–H groups in total. The van der Waals surface area contributed by atoms with Crippen molar-refractivity contribution in [1.82, 2.24) is 9.13 Å². The van der Waals surface area contributed by atoms with Crippen molar-refractivity contribution in [3.05, 3.63) is 131 Å². The average Bonchev–Trinajstić information content (AvgIpc) is 4.15. The molecule has 8 aromatic rings. The summed E-state index contributed by atoms with van der Waals surface area (Å²) in [5.41, 5.74) is 8.48. The molecule has 70 heavy (non-hydrogen) atoms. The van der Waals surface area contributed by atoms with Gasteiger partial charge in [0.1, 0.15) is 11.8 Å². The van der Waals surface area contributed by atoms with Crippen LogP contribution in [0.15, 0.2) is 162 Å². The van der Waals surface area contributed by atoms with Gasteiger partial charge in [0, 0.05) is 49.3 Å². The topological polar surface area (TPSA) is 253 Å². The highest BCUT2D eigenvalue weighted by Gasteiger charge is 2.30. The van der Waals surface area contributed by atoms with E-state index in [1.54, 1.807) is 63.7 Å². The van der Waals surface area contributed by atoms with Gasteiger partial charge in [-0.05, 0) is 91.0 Å². The number of fused-ring (bicyclic) bond motifs is 5. The average molecular weight is 1040 g/mol. The lowest BCUT2D eigenvalue weighted by Gasteiger charge is -2.14. The zero-order valence-corrected chi connectivity index (χ0v) is 43.4. The van der Waals surface area contributed by atoms with Gasteiger partial charge in [-0.3, -0.25) is 0 Å². The number of para-hydroxylation sites is 5. The number of aldehydes is 1. The van der Waals surface area contributed by atoms with Crippen molar-refractivity contribution in [2.75, 3.05) is 29.3 Å². The lowest BCUT2D eigenvalue weighted by atomic mass is 10.3. The number of anilines is 3. The summed E-state index contributed by atoms with van der Waals surface area (Å²) in [7, 11) is 10.0. The zero-order valence-electron chi connectivity index (χ0n) is 39.3. The number of carbonyl (C=O) groups is 1. The van der Waals surface area contributed by atoms with E-state index in [4.69, 9.17) is 16.5 Å². The molecular formula is C47H61N15O3S5+2. The second-order valence-corrected chi connectivity index (χ2v) is 19.5. The summed E-state index contributed by atoms with van der Waals surface area (Å²) in [6.07, 6.45) is 2.43. The molecule has 0 saturated carbocycles. The number of hydrogen-bond donors (Lipinski definition) is 3. The standard InChI is InChI=1S/C18H19N6S2.C10H11N3S.2C8H9N3S.C2H4O.CH4.2H2O/c1-12(19-21-17-23(2)13-8-4-6-10-15(13)25-17)20-22-18-24(3)14-9-5-7-11-16(14)26-18;1-3-11-12-10-13(2)8-6-4-5-7-9(8)14-10;2*1-11-6-4-2-3-5-7(6)12-8(11)10-9;1-2-3;;;/h4-11,17-18H,1-3H3;3-7H,1-2H3;2*2-5H,9H2,1H3;2H,1H3;1H4;2*1H2/q+1;;;;;;;/p+1. The molecule has 0 aliphatic carbocycles. The van der Waals surface area contributed by atoms with E-state index >= 15 is 0 Å². The first kappa shape index (κ1) is 57.8. The summed E-state index contributed by atoms with van der Waals surface area (Å²) >= 11 is 8.27. The SMILES string of the molecule is C.CC(N=NC1Sc2ccccc2N1C)=[N+]=NC1Sc2ccccc2N1C.CC=NN=c1sc2ccccc2n1C.CC=O.C[n+]1c(NN)sc2ccccc21.Cn1c(=NN)sc2ccccc21.O.O. The van der Waals surface area contributed by atoms with E-state index in [2.05, 4.69) is 111 Å². The molecule has 5 aromatic carbocycles. The molecular weight excluding hydrogens is 983 g/mol. The Bertz CT molecular complexity index is 3220. The van der Waals surface area contributed by atoms with Gasteiger partial charge in [0.05, 0.1) is 55.6 Å². The molecule has 2 aliphatic heterocycles. The molecule has 18 nitrogen and oxygen atoms in total. The van der Waals surface area contributed by atoms with Crippen LogP contribution in [0.1, 0.15) is 28.2 Å². The Kier molecular flexibility index (Phi) is 23.3. The monoisotopic (exact) mass is 1040 g/mol. The van der Waals surface area contributed by atoms with E-state index in [9.17, 15) is 0 Å². The van der Waals surface area contributed by atoms with Crippen molar-refractivity contribution >= 4 is 123 Å². The lowest BCUT2D eigenvalue weighted by Crippen LogP contribution is -2.31. The predicted molar refractivity (Wildman–Crippen MR) is 295 cm³/mol. The first-order valence-electron chi connectivity index (χ1n) is 20.7. The summed E-state index contributed by atoms with van der Waals surface area (Å²) in [6, 6.07) is 41.1. The Morgan fingerprint density at radius 1 is 0.700 bits per heavy atom. The molecule has 0 radical (unpaired) electrons. The number of aromatic nitrogens is 3. The smallest absolute Gasteiger partial charge is 0.412 e. The van der Waals surface area contributed by atoms with Gasteiger partial charge >= 0.3 is 11.0 Å². The maximum absolute atomic E-state index is 8.81. The maximum Gasteiger partial charge on any atom is 0.443 e. The summed E-state index contributed by atoms with van der Waals surface area (Å²) in [4.78, 5) is 21.5. The lowest BCUT2D eigenvalue weighted by molar-refractivity contribution is -0.626. The van der Waals surface area contributed by atoms with Crippen molar-refractivity contribution in [3.8, 4) is 0 Å². The third kappa shape index (κ3) is 14.1. The van der Waals surface area contributed by atoms with Crippen LogP contribution in [-0.4, -0.2) is 68.3 Å². The number of rotatable bonds is 4. The predicted octanol–water partition coefficient (Wildman–Crippen LogP) is 7.93. The van der Waals surface area contributed by atoms with Crippen LogP contribution in [0.25, 0.3) is 30.6 Å². The number of aryl methyl sites for hydroxylation is 3. The molecule has 370 valence electrons. The molecule has 2 atom stereocenters. The quantitative estimate of drug-likeness (QED) is 0.0227. The summed E-state index contributed by atoms with van der Waals surface area (Å²) in [5, 5.41) is 25.8. The van der Waals surface area contributed by atoms with Crippen LogP contribution in [0.3, 0.4) is 0 Å². The molecule has 2 aliphatic rings. The fourth-order valence-corrected chi connectivity index (χ4v) is 11.6. The number of hydrogen-bond acceptors (Lipinski definition) is 16. The van der Waals surface area contributed by atoms with Crippen LogP contribution in [0.4, 0.5) is 16.5 Å². The molecule has 5 heterocycles. The number of nitrogen functional groups attached to an aromatic ring is 1. The summed E-state index contributed by atoms with van der Waals surface area (Å²) in [6.45, 7) is 5.13. The molecule has 0 amide bonds. The first-order valence-corrected chi connectivity index (χ1v) is 24.9. The van der Waals surface area contributed by atoms with Gasteiger partial charge in [-0.2, -0.15) is 21.5 Å². The molecule has 10 rings (SSSR count). The van der Waals surface area contributed by atoms with Gasteiger partial charge in [0.2, 0.25) is 20.6 Å². The number of azo groups is 1. The number of thiazole rings is 3. The fourth-order valence-electron chi connectivity index (χ4n) is 6.52. The van der Waals surface area contributed by atoms with E-state index in [0.717, 1.165) is 21.0 Å². The molecule has 0 bridgehead atoms. The van der Waals surface area contributed by atoms with Crippen LogP contribution in [0, 0.1) is 0 Å². The van der Waals surface area contributed by atoms with Crippen molar-refractivity contribution in [2.45, 2.75) is 49.0 Å². The van der Waals surface area contributed by atoms with E-state index < -0.39 is 0 Å². The van der Waals surface area contributed by atoms with Crippen LogP contribution >= 0.6 is 57.5 Å². The van der Waals surface area contributed by atoms with Crippen LogP contribution in [-0.2, 0) is 25.9 Å².